The first-order valence-electron chi connectivity index (χ1n) is 12.7. The van der Waals surface area contributed by atoms with Gasteiger partial charge in [0.1, 0.15) is 12.4 Å². The lowest BCUT2D eigenvalue weighted by molar-refractivity contribution is -0.135. The molecule has 0 aromatic heterocycles. The largest absolute Gasteiger partial charge is 0.445 e. The molecule has 7 nitrogen and oxygen atoms in total. The topological polar surface area (TPSA) is 92.8 Å². The van der Waals surface area contributed by atoms with Crippen LogP contribution in [0.1, 0.15) is 79.9 Å². The van der Waals surface area contributed by atoms with Gasteiger partial charge in [-0.3, -0.25) is 14.4 Å². The van der Waals surface area contributed by atoms with E-state index < -0.39 is 17.4 Å². The van der Waals surface area contributed by atoms with E-state index >= 15 is 0 Å². The summed E-state index contributed by atoms with van der Waals surface area (Å²) < 4.78 is 5.38. The highest BCUT2D eigenvalue weighted by Gasteiger charge is 2.31. The van der Waals surface area contributed by atoms with Crippen LogP contribution in [0.15, 0.2) is 24.3 Å². The average molecular weight is 503 g/mol. The van der Waals surface area contributed by atoms with Gasteiger partial charge in [-0.05, 0) is 29.4 Å². The highest BCUT2D eigenvalue weighted by Crippen LogP contribution is 2.24. The van der Waals surface area contributed by atoms with E-state index in [0.717, 1.165) is 11.1 Å². The number of benzene rings is 1. The van der Waals surface area contributed by atoms with Crippen LogP contribution in [-0.2, 0) is 32.1 Å². The SMILES string of the molecule is CC(C)[C@H](CC(=O)C(C)(C)C)C(=O)N[C@@H](C)C(=O)Cc1ccc(COC(=O)N(C)CC(C)(C)C)cc1. The standard InChI is InChI=1S/C29H46N2O5/c1-19(2)23(16-25(33)29(7,8)9)26(34)30-20(3)24(32)15-21-11-13-22(14-12-21)17-36-27(35)31(10)18-28(4,5)6/h11-14,19-20,23H,15-18H2,1-10H3,(H,30,34)/t20-,23-/m0/s1. The van der Waals surface area contributed by atoms with Crippen LogP contribution in [-0.4, -0.2) is 48.1 Å². The van der Waals surface area contributed by atoms with Gasteiger partial charge >= 0.3 is 6.09 Å². The Kier molecular flexibility index (Phi) is 11.3. The van der Waals surface area contributed by atoms with Crippen molar-refractivity contribution in [3.8, 4) is 0 Å². The van der Waals surface area contributed by atoms with E-state index in [1.165, 1.54) is 0 Å². The van der Waals surface area contributed by atoms with E-state index in [1.54, 1.807) is 18.9 Å². The summed E-state index contributed by atoms with van der Waals surface area (Å²) >= 11 is 0. The van der Waals surface area contributed by atoms with Crippen LogP contribution in [0.25, 0.3) is 0 Å². The smallest absolute Gasteiger partial charge is 0.409 e. The van der Waals surface area contributed by atoms with Crippen LogP contribution in [0.4, 0.5) is 4.79 Å². The molecule has 1 rings (SSSR count). The minimum absolute atomic E-state index is 0.0158. The summed E-state index contributed by atoms with van der Waals surface area (Å²) in [7, 11) is 1.72. The van der Waals surface area contributed by atoms with Crippen LogP contribution in [0.3, 0.4) is 0 Å². The van der Waals surface area contributed by atoms with Crippen molar-refractivity contribution in [2.75, 3.05) is 13.6 Å². The lowest BCUT2D eigenvalue weighted by Crippen LogP contribution is -2.44. The lowest BCUT2D eigenvalue weighted by atomic mass is 9.81. The van der Waals surface area contributed by atoms with Gasteiger partial charge in [0.05, 0.1) is 6.04 Å². The summed E-state index contributed by atoms with van der Waals surface area (Å²) in [5, 5.41) is 2.81. The highest BCUT2D eigenvalue weighted by atomic mass is 16.6. The molecule has 2 amide bonds. The Morgan fingerprint density at radius 2 is 1.44 bits per heavy atom. The molecule has 1 aromatic carbocycles. The molecule has 0 saturated heterocycles. The van der Waals surface area contributed by atoms with Crippen molar-refractivity contribution in [3.63, 3.8) is 0 Å². The molecule has 0 bridgehead atoms. The quantitative estimate of drug-likeness (QED) is 0.449. The summed E-state index contributed by atoms with van der Waals surface area (Å²) in [5.74, 6) is -0.847. The number of Topliss-reactive ketones (excluding diaryl/α,β-unsaturated/α-hetero) is 2. The summed E-state index contributed by atoms with van der Waals surface area (Å²) in [6.07, 6.45) is -0.0488. The third kappa shape index (κ3) is 10.9. The maximum absolute atomic E-state index is 12.9. The molecule has 202 valence electrons. The minimum Gasteiger partial charge on any atom is -0.445 e. The number of nitrogens with one attached hydrogen (secondary N) is 1. The van der Waals surface area contributed by atoms with Gasteiger partial charge in [-0.1, -0.05) is 79.7 Å². The summed E-state index contributed by atoms with van der Waals surface area (Å²) in [5.41, 5.74) is 1.11. The van der Waals surface area contributed by atoms with Gasteiger partial charge in [0.25, 0.3) is 0 Å². The molecular formula is C29H46N2O5. The second kappa shape index (κ2) is 13.0. The van der Waals surface area contributed by atoms with Crippen molar-refractivity contribution >= 4 is 23.6 Å². The molecule has 2 atom stereocenters. The molecule has 0 heterocycles. The van der Waals surface area contributed by atoms with Crippen LogP contribution in [0.5, 0.6) is 0 Å². The van der Waals surface area contributed by atoms with Crippen LogP contribution < -0.4 is 5.32 Å². The molecule has 36 heavy (non-hydrogen) atoms. The first-order valence-corrected chi connectivity index (χ1v) is 12.7. The van der Waals surface area contributed by atoms with Crippen LogP contribution in [0.2, 0.25) is 0 Å². The summed E-state index contributed by atoms with van der Waals surface area (Å²) in [4.78, 5) is 51.8. The van der Waals surface area contributed by atoms with Crippen molar-refractivity contribution < 1.29 is 23.9 Å². The van der Waals surface area contributed by atoms with E-state index in [9.17, 15) is 19.2 Å². The Balaban J connectivity index is 2.64. The van der Waals surface area contributed by atoms with Gasteiger partial charge in [-0.2, -0.15) is 0 Å². The number of hydrogen-bond acceptors (Lipinski definition) is 5. The fraction of sp³-hybridized carbons (Fsp3) is 0.655. The molecule has 0 aliphatic heterocycles. The number of carbonyl (C=O) groups excluding carboxylic acids is 4. The molecule has 1 N–H and O–H groups in total. The predicted octanol–water partition coefficient (Wildman–Crippen LogP) is 5.19. The Bertz CT molecular complexity index is 907. The Morgan fingerprint density at radius 3 is 1.92 bits per heavy atom. The minimum atomic E-state index is -0.664. The van der Waals surface area contributed by atoms with Crippen molar-refractivity contribution in [1.82, 2.24) is 10.2 Å². The zero-order valence-corrected chi connectivity index (χ0v) is 23.9. The van der Waals surface area contributed by atoms with E-state index in [1.807, 2.05) is 58.9 Å². The Hall–Kier alpha value is -2.70. The Morgan fingerprint density at radius 1 is 0.917 bits per heavy atom. The van der Waals surface area contributed by atoms with Gasteiger partial charge in [0.2, 0.25) is 5.91 Å². The van der Waals surface area contributed by atoms with Crippen molar-refractivity contribution in [2.45, 2.75) is 87.8 Å². The number of carbonyl (C=O) groups is 4. The van der Waals surface area contributed by atoms with Gasteiger partial charge in [0.15, 0.2) is 5.78 Å². The molecule has 0 spiro atoms. The molecule has 0 aliphatic carbocycles. The number of ether oxygens (including phenoxy) is 1. The zero-order valence-electron chi connectivity index (χ0n) is 23.9. The number of hydrogen-bond donors (Lipinski definition) is 1. The van der Waals surface area contributed by atoms with E-state index in [2.05, 4.69) is 26.1 Å². The van der Waals surface area contributed by atoms with Crippen molar-refractivity contribution in [3.05, 3.63) is 35.4 Å². The van der Waals surface area contributed by atoms with Gasteiger partial charge in [0, 0.05) is 37.8 Å². The molecule has 0 unspecified atom stereocenters. The van der Waals surface area contributed by atoms with Crippen molar-refractivity contribution in [1.29, 1.82) is 0 Å². The third-order valence-electron chi connectivity index (χ3n) is 6.01. The lowest BCUT2D eigenvalue weighted by Gasteiger charge is -2.26. The van der Waals surface area contributed by atoms with Crippen molar-refractivity contribution in [2.24, 2.45) is 22.7 Å². The number of nitrogens with zero attached hydrogens (tertiary/aromatic N) is 1. The van der Waals surface area contributed by atoms with E-state index in [-0.39, 0.29) is 54.3 Å². The first kappa shape index (κ1) is 31.3. The summed E-state index contributed by atoms with van der Waals surface area (Å²) in [6.45, 7) is 17.9. The third-order valence-corrected chi connectivity index (χ3v) is 6.01. The Labute approximate surface area is 217 Å². The zero-order chi connectivity index (χ0) is 27.8. The number of rotatable bonds is 11. The van der Waals surface area contributed by atoms with E-state index in [0.29, 0.717) is 6.54 Å². The maximum Gasteiger partial charge on any atom is 0.409 e. The maximum atomic E-state index is 12.9. The second-order valence-corrected chi connectivity index (χ2v) is 12.4. The molecule has 7 heteroatoms. The van der Waals surface area contributed by atoms with Gasteiger partial charge < -0.3 is 15.0 Å². The van der Waals surface area contributed by atoms with Gasteiger partial charge in [-0.15, -0.1) is 0 Å². The van der Waals surface area contributed by atoms with Gasteiger partial charge in [-0.25, -0.2) is 4.79 Å². The molecule has 0 radical (unpaired) electrons. The molecule has 0 saturated carbocycles. The average Bonchev–Trinajstić information content (AvgIpc) is 2.74. The fourth-order valence-electron chi connectivity index (χ4n) is 3.68. The van der Waals surface area contributed by atoms with Crippen LogP contribution in [0, 0.1) is 22.7 Å². The number of ketones is 2. The van der Waals surface area contributed by atoms with E-state index in [4.69, 9.17) is 4.74 Å². The fourth-order valence-corrected chi connectivity index (χ4v) is 3.68. The summed E-state index contributed by atoms with van der Waals surface area (Å²) in [6, 6.07) is 6.65. The monoisotopic (exact) mass is 502 g/mol. The van der Waals surface area contributed by atoms with Crippen LogP contribution >= 0.6 is 0 Å². The predicted molar refractivity (Wildman–Crippen MR) is 142 cm³/mol. The first-order chi connectivity index (χ1) is 16.4. The molecule has 0 aliphatic rings. The normalized spacial score (nSPS) is 13.6. The molecule has 1 aromatic rings. The number of amides is 2. The second-order valence-electron chi connectivity index (χ2n) is 12.4. The highest BCUT2D eigenvalue weighted by molar-refractivity contribution is 5.93. The molecular weight excluding hydrogens is 456 g/mol. The molecule has 0 fully saturated rings.